The summed E-state index contributed by atoms with van der Waals surface area (Å²) < 4.78 is 57.7. The van der Waals surface area contributed by atoms with Crippen molar-refractivity contribution in [3.63, 3.8) is 0 Å². The summed E-state index contributed by atoms with van der Waals surface area (Å²) in [5.74, 6) is -2.65. The first kappa shape index (κ1) is 20.2. The predicted octanol–water partition coefficient (Wildman–Crippen LogP) is 0.849. The second kappa shape index (κ2) is 7.63. The molecule has 0 saturated carbocycles. The van der Waals surface area contributed by atoms with Gasteiger partial charge >= 0.3 is 161 Å². The summed E-state index contributed by atoms with van der Waals surface area (Å²) in [7, 11) is -3.92. The van der Waals surface area contributed by atoms with Gasteiger partial charge in [0.1, 0.15) is 0 Å². The Balaban J connectivity index is 1.44. The molecule has 9 nitrogen and oxygen atoms in total. The molecule has 0 amide bonds. The molecule has 2 aliphatic heterocycles. The van der Waals surface area contributed by atoms with Gasteiger partial charge in [-0.15, -0.1) is 0 Å². The van der Waals surface area contributed by atoms with Gasteiger partial charge < -0.3 is 0 Å². The van der Waals surface area contributed by atoms with Gasteiger partial charge in [-0.2, -0.15) is 0 Å². The third kappa shape index (κ3) is 4.13. The molecule has 0 spiro atoms. The molecular formula is C16H17F3N3O6P. The van der Waals surface area contributed by atoms with E-state index in [1.807, 2.05) is 4.98 Å². The van der Waals surface area contributed by atoms with Crippen molar-refractivity contribution in [1.29, 1.82) is 0 Å². The molecule has 4 rings (SSSR count). The van der Waals surface area contributed by atoms with Gasteiger partial charge in [0.2, 0.25) is 0 Å². The molecule has 2 saturated heterocycles. The average molecular weight is 435 g/mol. The minimum absolute atomic E-state index is 0.0800. The summed E-state index contributed by atoms with van der Waals surface area (Å²) in [6.45, 7) is -0.246. The first-order valence-corrected chi connectivity index (χ1v) is 10.4. The number of ether oxygens (including phenoxy) is 1. The standard InChI is InChI=1S/C16H17F3N3O6P/c17-9-2-1-8(10(18)3-9)5-20-29(25)26-7-13-12(28-29)4-14(27-13)22-6-11(19)15(23)21-16(22)24/h1-3,6,12-14,20,25,29H,4-5,7H2,(H,21,23,24)/t12-,13+,14+/m0/s1. The number of aromatic nitrogens is 2. The number of hydrogen-bond acceptors (Lipinski definition) is 7. The number of aromatic amines is 1. The Morgan fingerprint density at radius 3 is 2.79 bits per heavy atom. The Labute approximate surface area is 161 Å². The van der Waals surface area contributed by atoms with Crippen molar-refractivity contribution in [2.24, 2.45) is 0 Å². The molecule has 2 fully saturated rings. The van der Waals surface area contributed by atoms with Gasteiger partial charge in [0, 0.05) is 0 Å². The van der Waals surface area contributed by atoms with Gasteiger partial charge in [-0.05, 0) is 0 Å². The molecule has 13 heteroatoms. The fourth-order valence-electron chi connectivity index (χ4n) is 3.22. The molecule has 2 aliphatic rings. The Bertz CT molecular complexity index is 1050. The molecule has 1 aromatic carbocycles. The molecule has 2 aromatic rings. The number of nitrogens with one attached hydrogen (secondary N) is 2. The zero-order valence-corrected chi connectivity index (χ0v) is 15.7. The Kier molecular flexibility index (Phi) is 5.32. The number of halogens is 3. The van der Waals surface area contributed by atoms with Crippen molar-refractivity contribution in [3.05, 3.63) is 68.2 Å². The number of rotatable bonds is 4. The molecule has 3 N–H and O–H groups in total. The van der Waals surface area contributed by atoms with E-state index in [1.54, 1.807) is 0 Å². The van der Waals surface area contributed by atoms with Crippen LogP contribution in [-0.4, -0.2) is 33.3 Å². The van der Waals surface area contributed by atoms with Crippen LogP contribution in [0.2, 0.25) is 0 Å². The van der Waals surface area contributed by atoms with E-state index in [4.69, 9.17) is 13.8 Å². The van der Waals surface area contributed by atoms with Crippen LogP contribution in [0.5, 0.6) is 0 Å². The van der Waals surface area contributed by atoms with Gasteiger partial charge in [0.05, 0.1) is 0 Å². The van der Waals surface area contributed by atoms with Crippen LogP contribution in [0.25, 0.3) is 0 Å². The van der Waals surface area contributed by atoms with Crippen LogP contribution in [0.4, 0.5) is 13.2 Å². The molecule has 3 atom stereocenters. The van der Waals surface area contributed by atoms with E-state index in [0.717, 1.165) is 22.9 Å². The van der Waals surface area contributed by atoms with Gasteiger partial charge in [-0.25, -0.2) is 0 Å². The zero-order chi connectivity index (χ0) is 20.8. The molecule has 0 bridgehead atoms. The monoisotopic (exact) mass is 435 g/mol. The average Bonchev–Trinajstić information content (AvgIpc) is 3.06. The van der Waals surface area contributed by atoms with Crippen LogP contribution >= 0.6 is 8.09 Å². The Morgan fingerprint density at radius 2 is 2.03 bits per heavy atom. The first-order chi connectivity index (χ1) is 13.7. The van der Waals surface area contributed by atoms with Gasteiger partial charge in [0.15, 0.2) is 0 Å². The van der Waals surface area contributed by atoms with E-state index in [1.165, 1.54) is 6.07 Å². The van der Waals surface area contributed by atoms with E-state index in [2.05, 4.69) is 5.09 Å². The van der Waals surface area contributed by atoms with Crippen molar-refractivity contribution in [2.45, 2.75) is 31.4 Å². The number of H-pyrrole nitrogens is 1. The third-order valence-electron chi connectivity index (χ3n) is 4.69. The van der Waals surface area contributed by atoms with Crippen LogP contribution in [-0.2, 0) is 20.3 Å². The van der Waals surface area contributed by atoms with Crippen molar-refractivity contribution in [1.82, 2.24) is 14.6 Å². The third-order valence-corrected chi connectivity index (χ3v) is 6.49. The molecule has 158 valence electrons. The summed E-state index contributed by atoms with van der Waals surface area (Å²) >= 11 is 0. The van der Waals surface area contributed by atoms with E-state index in [-0.39, 0.29) is 25.1 Å². The molecule has 29 heavy (non-hydrogen) atoms. The Hall–Kier alpha value is -2.08. The van der Waals surface area contributed by atoms with Gasteiger partial charge in [-0.3, -0.25) is 0 Å². The number of hydrogen-bond donors (Lipinski definition) is 3. The normalized spacial score (nSPS) is 26.8. The van der Waals surface area contributed by atoms with Gasteiger partial charge in [0.25, 0.3) is 0 Å². The topological polar surface area (TPSA) is 115 Å². The summed E-state index contributed by atoms with van der Waals surface area (Å²) in [5.41, 5.74) is -1.88. The summed E-state index contributed by atoms with van der Waals surface area (Å²) in [6, 6.07) is 3.03. The maximum atomic E-state index is 13.7. The molecule has 3 heterocycles. The molecular weight excluding hydrogens is 418 g/mol. The van der Waals surface area contributed by atoms with Crippen LogP contribution in [0.1, 0.15) is 18.2 Å². The molecule has 1 aromatic heterocycles. The predicted molar refractivity (Wildman–Crippen MR) is 94.4 cm³/mol. The van der Waals surface area contributed by atoms with E-state index < -0.39 is 55.2 Å². The fraction of sp³-hybridized carbons (Fsp3) is 0.375. The van der Waals surface area contributed by atoms with Crippen molar-refractivity contribution in [3.8, 4) is 0 Å². The number of nitrogens with zero attached hydrogens (tertiary/aromatic N) is 1. The van der Waals surface area contributed by atoms with E-state index in [0.29, 0.717) is 0 Å². The zero-order valence-electron chi connectivity index (χ0n) is 14.7. The fourth-order valence-corrected chi connectivity index (χ4v) is 4.93. The molecule has 0 unspecified atom stereocenters. The van der Waals surface area contributed by atoms with Crippen LogP contribution < -0.4 is 16.3 Å². The summed E-state index contributed by atoms with van der Waals surface area (Å²) in [4.78, 5) is 35.5. The quantitative estimate of drug-likeness (QED) is 0.610. The minimum atomic E-state index is -3.92. The van der Waals surface area contributed by atoms with E-state index in [9.17, 15) is 27.7 Å². The van der Waals surface area contributed by atoms with Crippen LogP contribution in [0, 0.1) is 17.5 Å². The van der Waals surface area contributed by atoms with Crippen molar-refractivity contribution < 1.29 is 31.8 Å². The maximum absolute atomic E-state index is 13.7. The number of benzene rings is 1. The summed E-state index contributed by atoms with van der Waals surface area (Å²) in [6.07, 6.45) is -1.43. The van der Waals surface area contributed by atoms with Crippen LogP contribution in [0.3, 0.4) is 0 Å². The van der Waals surface area contributed by atoms with Crippen molar-refractivity contribution in [2.75, 3.05) is 6.61 Å². The molecule has 0 aliphatic carbocycles. The van der Waals surface area contributed by atoms with E-state index >= 15 is 0 Å². The Morgan fingerprint density at radius 1 is 1.24 bits per heavy atom. The van der Waals surface area contributed by atoms with Crippen molar-refractivity contribution >= 4 is 8.09 Å². The van der Waals surface area contributed by atoms with Crippen LogP contribution in [0.15, 0.2) is 34.0 Å². The SMILES string of the molecule is O=c1[nH]c(=O)n([C@H]2C[C@@H]3O[PH](O)(NCc4ccc(F)cc4F)OC[C@H]3O2)cc1F. The van der Waals surface area contributed by atoms with Gasteiger partial charge in [-0.1, -0.05) is 0 Å². The molecule has 0 radical (unpaired) electrons. The second-order valence-electron chi connectivity index (χ2n) is 6.65. The first-order valence-electron chi connectivity index (χ1n) is 8.63. The summed E-state index contributed by atoms with van der Waals surface area (Å²) in [5, 5.41) is 2.63. The second-order valence-corrected chi connectivity index (χ2v) is 8.69. The number of fused-ring (bicyclic) bond motifs is 1.